The van der Waals surface area contributed by atoms with E-state index in [9.17, 15) is 5.11 Å². The predicted octanol–water partition coefficient (Wildman–Crippen LogP) is 2.59. The first-order valence-corrected chi connectivity index (χ1v) is 5.66. The summed E-state index contributed by atoms with van der Waals surface area (Å²) in [5, 5.41) is 9.40. The summed E-state index contributed by atoms with van der Waals surface area (Å²) >= 11 is 0. The lowest BCUT2D eigenvalue weighted by atomic mass is 10.1. The Bertz CT molecular complexity index is 314. The van der Waals surface area contributed by atoms with E-state index >= 15 is 0 Å². The van der Waals surface area contributed by atoms with Gasteiger partial charge < -0.3 is 10.0 Å². The lowest BCUT2D eigenvalue weighted by molar-refractivity contribution is 0.199. The Kier molecular flexibility index (Phi) is 2.96. The maximum Gasteiger partial charge on any atom is 0.0761 e. The van der Waals surface area contributed by atoms with Crippen LogP contribution in [0.3, 0.4) is 0 Å². The topological polar surface area (TPSA) is 23.5 Å². The van der Waals surface area contributed by atoms with Crippen molar-refractivity contribution >= 4 is 5.69 Å². The van der Waals surface area contributed by atoms with Crippen molar-refractivity contribution in [3.63, 3.8) is 0 Å². The van der Waals surface area contributed by atoms with E-state index in [4.69, 9.17) is 0 Å². The smallest absolute Gasteiger partial charge is 0.0761 e. The largest absolute Gasteiger partial charge is 0.389 e. The maximum atomic E-state index is 9.40. The Hall–Kier alpha value is -1.02. The molecule has 0 bridgehead atoms. The molecular weight excluding hydrogens is 186 g/mol. The van der Waals surface area contributed by atoms with E-state index in [1.165, 1.54) is 18.5 Å². The number of nitrogens with zero attached hydrogens (tertiary/aromatic N) is 1. The van der Waals surface area contributed by atoms with Crippen molar-refractivity contribution in [3.8, 4) is 0 Å². The minimum atomic E-state index is -0.368. The summed E-state index contributed by atoms with van der Waals surface area (Å²) in [6.45, 7) is 2.96. The monoisotopic (exact) mass is 205 g/mol. The van der Waals surface area contributed by atoms with Gasteiger partial charge in [0, 0.05) is 19.3 Å². The molecule has 2 rings (SSSR count). The molecule has 0 heterocycles. The van der Waals surface area contributed by atoms with E-state index in [1.54, 1.807) is 6.92 Å². The highest BCUT2D eigenvalue weighted by Gasteiger charge is 2.22. The second-order valence-electron chi connectivity index (χ2n) is 4.59. The molecule has 0 amide bonds. The fraction of sp³-hybridized carbons (Fsp3) is 0.538. The Morgan fingerprint density at radius 3 is 2.40 bits per heavy atom. The van der Waals surface area contributed by atoms with Crippen LogP contribution in [-0.4, -0.2) is 18.7 Å². The number of rotatable bonds is 4. The van der Waals surface area contributed by atoms with Crippen molar-refractivity contribution in [2.45, 2.75) is 25.9 Å². The molecule has 0 aliphatic heterocycles. The fourth-order valence-corrected chi connectivity index (χ4v) is 1.80. The van der Waals surface area contributed by atoms with Gasteiger partial charge >= 0.3 is 0 Å². The summed E-state index contributed by atoms with van der Waals surface area (Å²) in [5.74, 6) is 0.909. The van der Waals surface area contributed by atoms with Crippen LogP contribution in [0.4, 0.5) is 5.69 Å². The molecule has 1 atom stereocenters. The average molecular weight is 205 g/mol. The number of anilines is 1. The third-order valence-corrected chi connectivity index (χ3v) is 3.05. The van der Waals surface area contributed by atoms with Crippen molar-refractivity contribution in [1.82, 2.24) is 0 Å². The van der Waals surface area contributed by atoms with E-state index < -0.39 is 0 Å². The number of benzene rings is 1. The second-order valence-corrected chi connectivity index (χ2v) is 4.59. The maximum absolute atomic E-state index is 9.40. The SMILES string of the molecule is CC(O)c1ccc(N(C)CC2CC2)cc1. The Morgan fingerprint density at radius 1 is 1.33 bits per heavy atom. The molecule has 1 saturated carbocycles. The molecule has 1 unspecified atom stereocenters. The molecule has 1 aliphatic carbocycles. The Balaban J connectivity index is 2.01. The highest BCUT2D eigenvalue weighted by Crippen LogP contribution is 2.31. The molecule has 2 nitrogen and oxygen atoms in total. The van der Waals surface area contributed by atoms with E-state index in [0.29, 0.717) is 0 Å². The number of hydrogen-bond donors (Lipinski definition) is 1. The Morgan fingerprint density at radius 2 is 1.93 bits per heavy atom. The lowest BCUT2D eigenvalue weighted by Gasteiger charge is -2.19. The van der Waals surface area contributed by atoms with Crippen LogP contribution in [0.15, 0.2) is 24.3 Å². The van der Waals surface area contributed by atoms with Crippen LogP contribution < -0.4 is 4.90 Å². The molecule has 0 radical (unpaired) electrons. The van der Waals surface area contributed by atoms with Crippen LogP contribution in [0, 0.1) is 5.92 Å². The normalized spacial score (nSPS) is 17.5. The van der Waals surface area contributed by atoms with Crippen LogP contribution in [0.1, 0.15) is 31.4 Å². The zero-order valence-electron chi connectivity index (χ0n) is 9.48. The summed E-state index contributed by atoms with van der Waals surface area (Å²) in [4.78, 5) is 2.30. The van der Waals surface area contributed by atoms with Crippen molar-refractivity contribution in [1.29, 1.82) is 0 Å². The molecule has 0 spiro atoms. The van der Waals surface area contributed by atoms with Gasteiger partial charge in [-0.3, -0.25) is 0 Å². The lowest BCUT2D eigenvalue weighted by Crippen LogP contribution is -2.19. The third-order valence-electron chi connectivity index (χ3n) is 3.05. The van der Waals surface area contributed by atoms with Gasteiger partial charge in [-0.25, -0.2) is 0 Å². The van der Waals surface area contributed by atoms with Crippen molar-refractivity contribution < 1.29 is 5.11 Å². The summed E-state index contributed by atoms with van der Waals surface area (Å²) in [6.07, 6.45) is 2.40. The second kappa shape index (κ2) is 4.23. The molecule has 1 N–H and O–H groups in total. The van der Waals surface area contributed by atoms with Gasteiger partial charge in [0.05, 0.1) is 6.10 Å². The molecule has 0 saturated heterocycles. The first-order chi connectivity index (χ1) is 7.16. The van der Waals surface area contributed by atoms with Gasteiger partial charge in [0.1, 0.15) is 0 Å². The van der Waals surface area contributed by atoms with Gasteiger partial charge in [0.2, 0.25) is 0 Å². The Labute approximate surface area is 91.5 Å². The first kappa shape index (κ1) is 10.5. The van der Waals surface area contributed by atoms with Crippen molar-refractivity contribution in [2.24, 2.45) is 5.92 Å². The molecule has 2 heteroatoms. The first-order valence-electron chi connectivity index (χ1n) is 5.66. The summed E-state index contributed by atoms with van der Waals surface area (Å²) in [6, 6.07) is 8.18. The number of aliphatic hydroxyl groups is 1. The average Bonchev–Trinajstić information content (AvgIpc) is 3.02. The summed E-state index contributed by atoms with van der Waals surface area (Å²) < 4.78 is 0. The number of hydrogen-bond acceptors (Lipinski definition) is 2. The van der Waals surface area contributed by atoms with Gasteiger partial charge in [-0.15, -0.1) is 0 Å². The molecule has 82 valence electrons. The van der Waals surface area contributed by atoms with Crippen LogP contribution in [0.25, 0.3) is 0 Å². The third kappa shape index (κ3) is 2.72. The van der Waals surface area contributed by atoms with E-state index in [0.717, 1.165) is 18.0 Å². The van der Waals surface area contributed by atoms with E-state index in [2.05, 4.69) is 24.1 Å². The highest BCUT2D eigenvalue weighted by atomic mass is 16.3. The van der Waals surface area contributed by atoms with Crippen LogP contribution in [0.2, 0.25) is 0 Å². The van der Waals surface area contributed by atoms with E-state index in [-0.39, 0.29) is 6.10 Å². The molecule has 1 aromatic rings. The molecule has 15 heavy (non-hydrogen) atoms. The zero-order valence-corrected chi connectivity index (χ0v) is 9.48. The molecule has 0 aromatic heterocycles. The van der Waals surface area contributed by atoms with Crippen molar-refractivity contribution in [3.05, 3.63) is 29.8 Å². The fourth-order valence-electron chi connectivity index (χ4n) is 1.80. The minimum absolute atomic E-state index is 0.368. The predicted molar refractivity (Wildman–Crippen MR) is 63.1 cm³/mol. The van der Waals surface area contributed by atoms with Crippen LogP contribution in [0.5, 0.6) is 0 Å². The molecule has 1 aromatic carbocycles. The van der Waals surface area contributed by atoms with Gasteiger partial charge in [0.15, 0.2) is 0 Å². The van der Waals surface area contributed by atoms with Crippen molar-refractivity contribution in [2.75, 3.05) is 18.5 Å². The van der Waals surface area contributed by atoms with E-state index in [1.807, 2.05) is 12.1 Å². The quantitative estimate of drug-likeness (QED) is 0.816. The van der Waals surface area contributed by atoms with Gasteiger partial charge in [-0.1, -0.05) is 12.1 Å². The van der Waals surface area contributed by atoms with Crippen LogP contribution in [-0.2, 0) is 0 Å². The summed E-state index contributed by atoms with van der Waals surface area (Å²) in [5.41, 5.74) is 2.23. The molecular formula is C13H19NO. The summed E-state index contributed by atoms with van der Waals surface area (Å²) in [7, 11) is 2.13. The minimum Gasteiger partial charge on any atom is -0.389 e. The van der Waals surface area contributed by atoms with Crippen LogP contribution >= 0.6 is 0 Å². The zero-order chi connectivity index (χ0) is 10.8. The standard InChI is InChI=1S/C13H19NO/c1-10(15)12-5-7-13(8-6-12)14(2)9-11-3-4-11/h5-8,10-11,15H,3-4,9H2,1-2H3. The molecule has 1 aliphatic rings. The highest BCUT2D eigenvalue weighted by molar-refractivity contribution is 5.47. The van der Waals surface area contributed by atoms with Gasteiger partial charge in [0.25, 0.3) is 0 Å². The van der Waals surface area contributed by atoms with Gasteiger partial charge in [-0.2, -0.15) is 0 Å². The van der Waals surface area contributed by atoms with Gasteiger partial charge in [-0.05, 0) is 43.4 Å². The molecule has 1 fully saturated rings. The number of aliphatic hydroxyl groups excluding tert-OH is 1.